The van der Waals surface area contributed by atoms with E-state index in [1.165, 1.54) is 6.92 Å². The monoisotopic (exact) mass is 269 g/mol. The molecule has 0 unspecified atom stereocenters. The second-order valence-electron chi connectivity index (χ2n) is 6.20. The number of amides is 2. The summed E-state index contributed by atoms with van der Waals surface area (Å²) >= 11 is 0. The summed E-state index contributed by atoms with van der Waals surface area (Å²) in [4.78, 5) is 23.8. The summed E-state index contributed by atoms with van der Waals surface area (Å²) in [6.07, 6.45) is 3.76. The Hall–Kier alpha value is -0.860. The maximum Gasteiger partial charge on any atom is 0.230 e. The van der Waals surface area contributed by atoms with Crippen LogP contribution in [0.25, 0.3) is 0 Å². The molecule has 0 saturated carbocycles. The van der Waals surface area contributed by atoms with Crippen molar-refractivity contribution in [3.63, 3.8) is 0 Å². The Bertz CT molecular complexity index is 297. The molecule has 0 fully saturated rings. The highest BCUT2D eigenvalue weighted by Gasteiger charge is 2.46. The van der Waals surface area contributed by atoms with Crippen LogP contribution in [-0.2, 0) is 9.59 Å². The lowest BCUT2D eigenvalue weighted by Crippen LogP contribution is -2.49. The number of carbonyl (C=O) groups is 2. The van der Waals surface area contributed by atoms with Crippen LogP contribution >= 0.6 is 0 Å². The fraction of sp³-hybridized carbons (Fsp3) is 0.875. The van der Waals surface area contributed by atoms with Crippen LogP contribution < -0.4 is 5.32 Å². The van der Waals surface area contributed by atoms with Crippen molar-refractivity contribution in [3.05, 3.63) is 0 Å². The molecule has 0 spiro atoms. The molecular formula is C16H31NO2. The molecule has 0 aliphatic heterocycles. The first kappa shape index (κ1) is 18.1. The fourth-order valence-corrected chi connectivity index (χ4v) is 3.04. The van der Waals surface area contributed by atoms with Gasteiger partial charge in [0.15, 0.2) is 0 Å². The summed E-state index contributed by atoms with van der Waals surface area (Å²) in [6.45, 7) is 14.3. The van der Waals surface area contributed by atoms with E-state index < -0.39 is 0 Å². The van der Waals surface area contributed by atoms with E-state index in [9.17, 15) is 9.59 Å². The van der Waals surface area contributed by atoms with Gasteiger partial charge in [0.25, 0.3) is 0 Å². The fourth-order valence-electron chi connectivity index (χ4n) is 3.04. The van der Waals surface area contributed by atoms with E-state index in [-0.39, 0.29) is 28.6 Å². The third-order valence-electron chi connectivity index (χ3n) is 5.19. The molecule has 0 bridgehead atoms. The SMILES string of the molecule is CCC(C)(CC)C(C(=O)NC(C)=O)C(C)(CC)CC. The van der Waals surface area contributed by atoms with Crippen LogP contribution in [0.4, 0.5) is 0 Å². The lowest BCUT2D eigenvalue weighted by molar-refractivity contribution is -0.140. The predicted molar refractivity (Wildman–Crippen MR) is 79.7 cm³/mol. The van der Waals surface area contributed by atoms with Crippen LogP contribution in [0.15, 0.2) is 0 Å². The highest BCUT2D eigenvalue weighted by Crippen LogP contribution is 2.48. The van der Waals surface area contributed by atoms with Crippen LogP contribution in [0, 0.1) is 16.7 Å². The quantitative estimate of drug-likeness (QED) is 0.761. The van der Waals surface area contributed by atoms with Gasteiger partial charge in [0, 0.05) is 12.8 Å². The van der Waals surface area contributed by atoms with Crippen molar-refractivity contribution in [1.82, 2.24) is 5.32 Å². The first-order chi connectivity index (χ1) is 8.70. The molecule has 3 nitrogen and oxygen atoms in total. The van der Waals surface area contributed by atoms with E-state index in [1.54, 1.807) is 0 Å². The zero-order chi connectivity index (χ0) is 15.3. The van der Waals surface area contributed by atoms with Crippen LogP contribution in [-0.4, -0.2) is 11.8 Å². The normalized spacial score (nSPS) is 12.6. The summed E-state index contributed by atoms with van der Waals surface area (Å²) in [7, 11) is 0. The summed E-state index contributed by atoms with van der Waals surface area (Å²) in [5.41, 5.74) is -0.138. The molecule has 19 heavy (non-hydrogen) atoms. The second-order valence-corrected chi connectivity index (χ2v) is 6.20. The molecule has 0 aromatic rings. The highest BCUT2D eigenvalue weighted by molar-refractivity contribution is 5.95. The van der Waals surface area contributed by atoms with Crippen molar-refractivity contribution in [3.8, 4) is 0 Å². The second kappa shape index (κ2) is 7.06. The van der Waals surface area contributed by atoms with Gasteiger partial charge >= 0.3 is 0 Å². The molecule has 0 atom stereocenters. The molecular weight excluding hydrogens is 238 g/mol. The van der Waals surface area contributed by atoms with Gasteiger partial charge in [-0.15, -0.1) is 0 Å². The summed E-state index contributed by atoms with van der Waals surface area (Å²) in [5.74, 6) is -0.502. The minimum absolute atomic E-state index is 0.0691. The van der Waals surface area contributed by atoms with Gasteiger partial charge in [-0.3, -0.25) is 14.9 Å². The maximum absolute atomic E-state index is 12.6. The molecule has 2 amide bonds. The van der Waals surface area contributed by atoms with Crippen molar-refractivity contribution >= 4 is 11.8 Å². The zero-order valence-electron chi connectivity index (χ0n) is 13.7. The highest BCUT2D eigenvalue weighted by atomic mass is 16.2. The molecule has 0 aliphatic carbocycles. The topological polar surface area (TPSA) is 46.2 Å². The largest absolute Gasteiger partial charge is 0.296 e. The summed E-state index contributed by atoms with van der Waals surface area (Å²) in [5, 5.41) is 2.51. The lowest BCUT2D eigenvalue weighted by Gasteiger charge is -2.46. The Balaban J connectivity index is 5.61. The predicted octanol–water partition coefficient (Wildman–Crippen LogP) is 3.92. The average molecular weight is 269 g/mol. The first-order valence-corrected chi connectivity index (χ1v) is 7.52. The van der Waals surface area contributed by atoms with Gasteiger partial charge in [-0.05, 0) is 36.5 Å². The number of rotatable bonds is 7. The Morgan fingerprint density at radius 3 is 1.42 bits per heavy atom. The molecule has 0 aromatic carbocycles. The number of hydrogen-bond donors (Lipinski definition) is 1. The standard InChI is InChI=1S/C16H31NO2/c1-8-15(6,9-2)13(14(19)17-12(5)18)16(7,10-3)11-4/h13H,8-11H2,1-7H3,(H,17,18,19). The molecule has 0 saturated heterocycles. The Labute approximate surface area is 118 Å². The van der Waals surface area contributed by atoms with Gasteiger partial charge in [-0.2, -0.15) is 0 Å². The molecule has 1 N–H and O–H groups in total. The van der Waals surface area contributed by atoms with Crippen molar-refractivity contribution in [1.29, 1.82) is 0 Å². The number of hydrogen-bond acceptors (Lipinski definition) is 2. The molecule has 0 heterocycles. The van der Waals surface area contributed by atoms with Gasteiger partial charge in [0.05, 0.1) is 0 Å². The van der Waals surface area contributed by atoms with Crippen molar-refractivity contribution in [2.45, 2.75) is 74.1 Å². The lowest BCUT2D eigenvalue weighted by atomic mass is 9.58. The average Bonchev–Trinajstić information content (AvgIpc) is 2.37. The van der Waals surface area contributed by atoms with E-state index in [4.69, 9.17) is 0 Å². The van der Waals surface area contributed by atoms with Crippen LogP contribution in [0.3, 0.4) is 0 Å². The Kier molecular flexibility index (Phi) is 6.74. The number of nitrogens with one attached hydrogen (secondary N) is 1. The van der Waals surface area contributed by atoms with E-state index in [0.29, 0.717) is 0 Å². The van der Waals surface area contributed by atoms with E-state index in [2.05, 4.69) is 46.9 Å². The minimum Gasteiger partial charge on any atom is -0.296 e. The molecule has 0 rings (SSSR count). The molecule has 112 valence electrons. The molecule has 0 aromatic heterocycles. The van der Waals surface area contributed by atoms with Crippen LogP contribution in [0.2, 0.25) is 0 Å². The Morgan fingerprint density at radius 2 is 1.21 bits per heavy atom. The van der Waals surface area contributed by atoms with Gasteiger partial charge in [0.2, 0.25) is 11.8 Å². The molecule has 3 heteroatoms. The van der Waals surface area contributed by atoms with Gasteiger partial charge in [-0.1, -0.05) is 41.5 Å². The van der Waals surface area contributed by atoms with Crippen molar-refractivity contribution < 1.29 is 9.59 Å². The summed E-state index contributed by atoms with van der Waals surface area (Å²) < 4.78 is 0. The number of imide groups is 1. The van der Waals surface area contributed by atoms with E-state index in [1.807, 2.05) is 0 Å². The smallest absolute Gasteiger partial charge is 0.230 e. The van der Waals surface area contributed by atoms with Crippen LogP contribution in [0.1, 0.15) is 74.1 Å². The van der Waals surface area contributed by atoms with Crippen molar-refractivity contribution in [2.24, 2.45) is 16.7 Å². The van der Waals surface area contributed by atoms with Gasteiger partial charge < -0.3 is 0 Å². The first-order valence-electron chi connectivity index (χ1n) is 7.52. The van der Waals surface area contributed by atoms with Gasteiger partial charge in [0.1, 0.15) is 0 Å². The third kappa shape index (κ3) is 4.05. The third-order valence-corrected chi connectivity index (χ3v) is 5.19. The number of carbonyl (C=O) groups excluding carboxylic acids is 2. The molecule has 0 radical (unpaired) electrons. The Morgan fingerprint density at radius 1 is 0.895 bits per heavy atom. The van der Waals surface area contributed by atoms with E-state index >= 15 is 0 Å². The van der Waals surface area contributed by atoms with Gasteiger partial charge in [-0.25, -0.2) is 0 Å². The molecule has 0 aliphatic rings. The minimum atomic E-state index is -0.265. The maximum atomic E-state index is 12.6. The zero-order valence-corrected chi connectivity index (χ0v) is 13.7. The summed E-state index contributed by atoms with van der Waals surface area (Å²) in [6, 6.07) is 0. The van der Waals surface area contributed by atoms with E-state index in [0.717, 1.165) is 25.7 Å². The van der Waals surface area contributed by atoms with Crippen LogP contribution in [0.5, 0.6) is 0 Å². The van der Waals surface area contributed by atoms with Crippen molar-refractivity contribution in [2.75, 3.05) is 0 Å².